The van der Waals surface area contributed by atoms with Gasteiger partial charge in [-0.05, 0) is 47.0 Å². The van der Waals surface area contributed by atoms with Gasteiger partial charge in [-0.1, -0.05) is 36.4 Å². The summed E-state index contributed by atoms with van der Waals surface area (Å²) in [6.07, 6.45) is 1.82. The van der Waals surface area contributed by atoms with Crippen LogP contribution in [-0.4, -0.2) is 23.6 Å². The quantitative estimate of drug-likeness (QED) is 0.310. The van der Waals surface area contributed by atoms with Crippen LogP contribution in [0.15, 0.2) is 72.9 Å². The molecule has 0 aliphatic heterocycles. The maximum atomic E-state index is 13.4. The second-order valence-electron chi connectivity index (χ2n) is 7.19. The fourth-order valence-corrected chi connectivity index (χ4v) is 3.72. The van der Waals surface area contributed by atoms with Gasteiger partial charge in [0.15, 0.2) is 11.5 Å². The van der Waals surface area contributed by atoms with Crippen molar-refractivity contribution in [3.05, 3.63) is 106 Å². The van der Waals surface area contributed by atoms with Crippen molar-refractivity contribution in [2.24, 2.45) is 0 Å². The molecule has 0 saturated carbocycles. The van der Waals surface area contributed by atoms with Gasteiger partial charge >= 0.3 is 0 Å². The highest BCUT2D eigenvalue weighted by atomic mass is 19.1. The third-order valence-corrected chi connectivity index (χ3v) is 5.20. The van der Waals surface area contributed by atoms with Crippen LogP contribution in [-0.2, 0) is 6.61 Å². The van der Waals surface area contributed by atoms with E-state index in [0.717, 1.165) is 22.0 Å². The lowest BCUT2D eigenvalue weighted by atomic mass is 9.90. The van der Waals surface area contributed by atoms with Crippen molar-refractivity contribution in [1.82, 2.24) is 4.98 Å². The van der Waals surface area contributed by atoms with Gasteiger partial charge in [-0.25, -0.2) is 4.39 Å². The summed E-state index contributed by atoms with van der Waals surface area (Å²) in [5, 5.41) is 12.4. The molecule has 0 aliphatic rings. The maximum absolute atomic E-state index is 13.4. The molecule has 0 unspecified atom stereocenters. The first-order valence-corrected chi connectivity index (χ1v) is 9.78. The van der Waals surface area contributed by atoms with Crippen molar-refractivity contribution in [3.8, 4) is 11.5 Å². The van der Waals surface area contributed by atoms with Crippen LogP contribution in [0.4, 0.5) is 4.39 Å². The van der Waals surface area contributed by atoms with Gasteiger partial charge in [0.25, 0.3) is 0 Å². The summed E-state index contributed by atoms with van der Waals surface area (Å²) in [7, 11) is 1.52. The smallest absolute Gasteiger partial charge is 0.214 e. The molecule has 1 aromatic heterocycles. The van der Waals surface area contributed by atoms with Crippen LogP contribution in [0.5, 0.6) is 11.5 Å². The number of H-pyrrole nitrogens is 1. The predicted octanol–water partition coefficient (Wildman–Crippen LogP) is 5.30. The Morgan fingerprint density at radius 1 is 1.06 bits per heavy atom. The molecular weight excluding hydrogens is 399 g/mol. The van der Waals surface area contributed by atoms with Gasteiger partial charge in [-0.3, -0.25) is 10.1 Å². The molecule has 31 heavy (non-hydrogen) atoms. The van der Waals surface area contributed by atoms with Crippen molar-refractivity contribution >= 4 is 10.9 Å². The molecule has 158 valence electrons. The number of hydrogen-bond donors (Lipinski definition) is 1. The monoisotopic (exact) mass is 420 g/mol. The number of rotatable bonds is 8. The van der Waals surface area contributed by atoms with Gasteiger partial charge in [0.2, 0.25) is 6.54 Å². The average Bonchev–Trinajstić information content (AvgIpc) is 3.20. The molecule has 7 heteroatoms. The number of methoxy groups -OCH3 is 1. The number of nitro groups is 1. The van der Waals surface area contributed by atoms with Gasteiger partial charge in [0.1, 0.15) is 12.4 Å². The third-order valence-electron chi connectivity index (χ3n) is 5.20. The van der Waals surface area contributed by atoms with Crippen LogP contribution in [0.2, 0.25) is 0 Å². The SMILES string of the molecule is COc1cc([C@@H](C[N+](=O)[O-])c2c[nH]c3ccccc23)ccc1OCc1cccc(F)c1. The Balaban J connectivity index is 1.65. The van der Waals surface area contributed by atoms with Crippen LogP contribution in [0.25, 0.3) is 10.9 Å². The number of hydrogen-bond acceptors (Lipinski definition) is 4. The van der Waals surface area contributed by atoms with E-state index in [0.29, 0.717) is 17.1 Å². The second-order valence-corrected chi connectivity index (χ2v) is 7.19. The lowest BCUT2D eigenvalue weighted by Gasteiger charge is -2.17. The number of aromatic nitrogens is 1. The highest BCUT2D eigenvalue weighted by molar-refractivity contribution is 5.84. The molecule has 4 rings (SSSR count). The second kappa shape index (κ2) is 8.87. The lowest BCUT2D eigenvalue weighted by molar-refractivity contribution is -0.481. The molecule has 1 atom stereocenters. The Labute approximate surface area is 178 Å². The molecule has 3 aromatic carbocycles. The summed E-state index contributed by atoms with van der Waals surface area (Å²) >= 11 is 0. The molecule has 0 radical (unpaired) electrons. The Bertz CT molecular complexity index is 1220. The number of benzene rings is 3. The van der Waals surface area contributed by atoms with Crippen molar-refractivity contribution in [1.29, 1.82) is 0 Å². The fraction of sp³-hybridized carbons (Fsp3) is 0.167. The van der Waals surface area contributed by atoms with Crippen LogP contribution in [0.3, 0.4) is 0 Å². The first kappa shape index (κ1) is 20.4. The standard InChI is InChI=1S/C24H21FN2O4/c1-30-24-12-17(9-10-23(24)31-15-16-5-4-6-18(25)11-16)21(14-27(28)29)20-13-26-22-8-3-2-7-19(20)22/h2-13,21,26H,14-15H2,1H3/t21-/m1/s1. The predicted molar refractivity (Wildman–Crippen MR) is 116 cm³/mol. The number of halogens is 1. The van der Waals surface area contributed by atoms with E-state index in [-0.39, 0.29) is 23.9 Å². The molecule has 1 N–H and O–H groups in total. The Morgan fingerprint density at radius 2 is 1.90 bits per heavy atom. The average molecular weight is 420 g/mol. The fourth-order valence-electron chi connectivity index (χ4n) is 3.72. The molecule has 1 heterocycles. The summed E-state index contributed by atoms with van der Waals surface area (Å²) in [6.45, 7) is -0.0806. The highest BCUT2D eigenvalue weighted by Crippen LogP contribution is 2.36. The summed E-state index contributed by atoms with van der Waals surface area (Å²) in [4.78, 5) is 14.3. The van der Waals surface area contributed by atoms with E-state index < -0.39 is 5.92 Å². The molecule has 6 nitrogen and oxygen atoms in total. The summed E-state index contributed by atoms with van der Waals surface area (Å²) < 4.78 is 24.7. The van der Waals surface area contributed by atoms with Crippen molar-refractivity contribution in [2.45, 2.75) is 12.5 Å². The van der Waals surface area contributed by atoms with E-state index in [1.54, 1.807) is 30.3 Å². The van der Waals surface area contributed by atoms with Crippen LogP contribution in [0, 0.1) is 15.9 Å². The van der Waals surface area contributed by atoms with Gasteiger partial charge < -0.3 is 14.5 Å². The Morgan fingerprint density at radius 3 is 2.68 bits per heavy atom. The zero-order valence-corrected chi connectivity index (χ0v) is 16.9. The Kier molecular flexibility index (Phi) is 5.84. The summed E-state index contributed by atoms with van der Waals surface area (Å²) in [5.41, 5.74) is 3.21. The van der Waals surface area contributed by atoms with E-state index in [1.165, 1.54) is 19.2 Å². The van der Waals surface area contributed by atoms with Gasteiger partial charge in [0.05, 0.1) is 13.0 Å². The largest absolute Gasteiger partial charge is 0.493 e. The van der Waals surface area contributed by atoms with Crippen molar-refractivity contribution in [3.63, 3.8) is 0 Å². The molecule has 0 bridgehead atoms. The number of nitrogens with one attached hydrogen (secondary N) is 1. The minimum absolute atomic E-state index is 0.175. The van der Waals surface area contributed by atoms with E-state index in [4.69, 9.17) is 9.47 Å². The Hall–Kier alpha value is -3.87. The first-order valence-electron chi connectivity index (χ1n) is 9.78. The molecule has 4 aromatic rings. The first-order chi connectivity index (χ1) is 15.0. The minimum atomic E-state index is -0.461. The van der Waals surface area contributed by atoms with Gasteiger partial charge in [-0.15, -0.1) is 0 Å². The lowest BCUT2D eigenvalue weighted by Crippen LogP contribution is -2.14. The topological polar surface area (TPSA) is 77.4 Å². The molecule has 0 saturated heterocycles. The number of fused-ring (bicyclic) bond motifs is 1. The zero-order chi connectivity index (χ0) is 21.8. The molecule has 0 amide bonds. The number of para-hydroxylation sites is 1. The van der Waals surface area contributed by atoms with Crippen LogP contribution >= 0.6 is 0 Å². The van der Waals surface area contributed by atoms with Gasteiger partial charge in [-0.2, -0.15) is 0 Å². The van der Waals surface area contributed by atoms with E-state index in [1.807, 2.05) is 30.5 Å². The third kappa shape index (κ3) is 4.50. The normalized spacial score (nSPS) is 11.9. The van der Waals surface area contributed by atoms with E-state index in [9.17, 15) is 14.5 Å². The minimum Gasteiger partial charge on any atom is -0.493 e. The molecule has 0 spiro atoms. The number of aromatic amines is 1. The van der Waals surface area contributed by atoms with Crippen LogP contribution < -0.4 is 9.47 Å². The summed E-state index contributed by atoms with van der Waals surface area (Å²) in [6, 6.07) is 19.2. The van der Waals surface area contributed by atoms with E-state index >= 15 is 0 Å². The maximum Gasteiger partial charge on any atom is 0.214 e. The molecule has 0 fully saturated rings. The number of nitrogens with zero attached hydrogens (tertiary/aromatic N) is 1. The molecule has 0 aliphatic carbocycles. The van der Waals surface area contributed by atoms with E-state index in [2.05, 4.69) is 4.98 Å². The number of ether oxygens (including phenoxy) is 2. The zero-order valence-electron chi connectivity index (χ0n) is 16.9. The summed E-state index contributed by atoms with van der Waals surface area (Å²) in [5.74, 6) is 0.151. The van der Waals surface area contributed by atoms with Crippen molar-refractivity contribution < 1.29 is 18.8 Å². The van der Waals surface area contributed by atoms with Crippen molar-refractivity contribution in [2.75, 3.05) is 13.7 Å². The molecular formula is C24H21FN2O4. The highest BCUT2D eigenvalue weighted by Gasteiger charge is 2.24. The van der Waals surface area contributed by atoms with Gasteiger partial charge in [0, 0.05) is 22.0 Å². The van der Waals surface area contributed by atoms with Crippen LogP contribution in [0.1, 0.15) is 22.6 Å².